The second-order valence-electron chi connectivity index (χ2n) is 7.85. The quantitative estimate of drug-likeness (QED) is 0.822. The zero-order valence-electron chi connectivity index (χ0n) is 17.3. The Kier molecular flexibility index (Phi) is 6.16. The van der Waals surface area contributed by atoms with Crippen LogP contribution in [0.1, 0.15) is 29.6 Å². The first-order valence-corrected chi connectivity index (χ1v) is 10.6. The van der Waals surface area contributed by atoms with E-state index in [9.17, 15) is 9.59 Å². The number of nitrogens with zero attached hydrogens (tertiary/aromatic N) is 3. The molecule has 0 spiro atoms. The third-order valence-corrected chi connectivity index (χ3v) is 6.07. The lowest BCUT2D eigenvalue weighted by Crippen LogP contribution is -2.53. The highest BCUT2D eigenvalue weighted by molar-refractivity contribution is 5.95. The summed E-state index contributed by atoms with van der Waals surface area (Å²) in [6, 6.07) is 12.8. The Balaban J connectivity index is 1.34. The minimum atomic E-state index is -0.145. The molecule has 1 saturated carbocycles. The van der Waals surface area contributed by atoms with Crippen LogP contribution >= 0.6 is 0 Å². The molecule has 2 amide bonds. The maximum Gasteiger partial charge on any atom is 0.251 e. The van der Waals surface area contributed by atoms with E-state index in [0.717, 1.165) is 38.2 Å². The van der Waals surface area contributed by atoms with Gasteiger partial charge in [-0.25, -0.2) is 4.98 Å². The molecule has 30 heavy (non-hydrogen) atoms. The van der Waals surface area contributed by atoms with Crippen LogP contribution < -0.4 is 15.0 Å². The van der Waals surface area contributed by atoms with Crippen molar-refractivity contribution in [1.82, 2.24) is 15.2 Å². The molecule has 158 valence electrons. The molecule has 2 heterocycles. The van der Waals surface area contributed by atoms with E-state index in [4.69, 9.17) is 4.74 Å². The number of ether oxygens (including phenoxy) is 1. The first-order valence-electron chi connectivity index (χ1n) is 10.6. The van der Waals surface area contributed by atoms with E-state index in [1.165, 1.54) is 0 Å². The van der Waals surface area contributed by atoms with Crippen molar-refractivity contribution in [2.75, 3.05) is 38.2 Å². The Hall–Kier alpha value is -3.09. The molecule has 1 aliphatic heterocycles. The predicted molar refractivity (Wildman–Crippen MR) is 115 cm³/mol. The average Bonchev–Trinajstić information content (AvgIpc) is 3.27. The summed E-state index contributed by atoms with van der Waals surface area (Å²) < 4.78 is 5.14. The number of pyridine rings is 1. The molecule has 2 aromatic rings. The molecule has 2 fully saturated rings. The number of carbonyl (C=O) groups excluding carboxylic acids is 2. The van der Waals surface area contributed by atoms with E-state index < -0.39 is 0 Å². The van der Waals surface area contributed by atoms with Crippen LogP contribution in [0.4, 0.5) is 5.82 Å². The summed E-state index contributed by atoms with van der Waals surface area (Å²) in [5.74, 6) is 1.55. The predicted octanol–water partition coefficient (Wildman–Crippen LogP) is 2.34. The molecule has 7 nitrogen and oxygen atoms in total. The Morgan fingerprint density at radius 3 is 2.47 bits per heavy atom. The number of hydrogen-bond donors (Lipinski definition) is 1. The van der Waals surface area contributed by atoms with Gasteiger partial charge in [0.05, 0.1) is 13.0 Å². The van der Waals surface area contributed by atoms with Crippen LogP contribution in [0.25, 0.3) is 0 Å². The highest BCUT2D eigenvalue weighted by Gasteiger charge is 2.37. The molecule has 0 radical (unpaired) electrons. The van der Waals surface area contributed by atoms with Gasteiger partial charge in [-0.2, -0.15) is 0 Å². The lowest BCUT2D eigenvalue weighted by Gasteiger charge is -2.37. The van der Waals surface area contributed by atoms with Gasteiger partial charge in [0, 0.05) is 44.0 Å². The number of aromatic nitrogens is 1. The molecule has 1 N–H and O–H groups in total. The fourth-order valence-electron chi connectivity index (χ4n) is 4.35. The highest BCUT2D eigenvalue weighted by atomic mass is 16.5. The van der Waals surface area contributed by atoms with E-state index in [0.29, 0.717) is 24.4 Å². The topological polar surface area (TPSA) is 74.8 Å². The number of anilines is 1. The Bertz CT molecular complexity index is 864. The second-order valence-corrected chi connectivity index (χ2v) is 7.85. The molecule has 2 aliphatic rings. The van der Waals surface area contributed by atoms with E-state index in [1.54, 1.807) is 37.6 Å². The van der Waals surface area contributed by atoms with Crippen molar-refractivity contribution in [3.63, 3.8) is 0 Å². The van der Waals surface area contributed by atoms with Gasteiger partial charge >= 0.3 is 0 Å². The third kappa shape index (κ3) is 4.40. The van der Waals surface area contributed by atoms with E-state index >= 15 is 0 Å². The van der Waals surface area contributed by atoms with Gasteiger partial charge < -0.3 is 19.9 Å². The Morgan fingerprint density at radius 2 is 1.80 bits per heavy atom. The standard InChI is InChI=1S/C23H28N4O3/c1-30-18-10-8-17(9-11-18)22(28)25-20-6-4-5-19(20)23(29)27-15-13-26(14-16-27)21-7-2-3-12-24-21/h2-3,7-12,19-20H,4-6,13-16H2,1H3,(H,25,28)/t19-,20+/m0/s1. The monoisotopic (exact) mass is 408 g/mol. The van der Waals surface area contributed by atoms with Crippen LogP contribution in [0, 0.1) is 5.92 Å². The number of nitrogens with one attached hydrogen (secondary N) is 1. The van der Waals surface area contributed by atoms with Gasteiger partial charge in [0.2, 0.25) is 5.91 Å². The SMILES string of the molecule is COc1ccc(C(=O)N[C@@H]2CCC[C@@H]2C(=O)N2CCN(c3ccccn3)CC2)cc1. The van der Waals surface area contributed by atoms with Crippen molar-refractivity contribution < 1.29 is 14.3 Å². The molecule has 0 unspecified atom stereocenters. The van der Waals surface area contributed by atoms with E-state index in [1.807, 2.05) is 23.1 Å². The van der Waals surface area contributed by atoms with Crippen molar-refractivity contribution in [2.24, 2.45) is 5.92 Å². The summed E-state index contributed by atoms with van der Waals surface area (Å²) in [4.78, 5) is 34.4. The summed E-state index contributed by atoms with van der Waals surface area (Å²) in [6.45, 7) is 2.92. The van der Waals surface area contributed by atoms with Crippen LogP contribution in [-0.2, 0) is 4.79 Å². The maximum absolute atomic E-state index is 13.2. The van der Waals surface area contributed by atoms with Crippen LogP contribution in [0.5, 0.6) is 5.75 Å². The summed E-state index contributed by atoms with van der Waals surface area (Å²) >= 11 is 0. The molecule has 7 heteroatoms. The van der Waals surface area contributed by atoms with Crippen LogP contribution in [0.15, 0.2) is 48.7 Å². The lowest BCUT2D eigenvalue weighted by atomic mass is 10.0. The molecular formula is C23H28N4O3. The molecule has 0 bridgehead atoms. The molecule has 2 atom stereocenters. The second kappa shape index (κ2) is 9.15. The molecule has 1 aromatic carbocycles. The molecule has 1 saturated heterocycles. The fraction of sp³-hybridized carbons (Fsp3) is 0.435. The van der Waals surface area contributed by atoms with Crippen molar-refractivity contribution in [3.05, 3.63) is 54.2 Å². The van der Waals surface area contributed by atoms with Crippen LogP contribution in [0.3, 0.4) is 0 Å². The van der Waals surface area contributed by atoms with Gasteiger partial charge in [-0.15, -0.1) is 0 Å². The van der Waals surface area contributed by atoms with Gasteiger partial charge in [-0.3, -0.25) is 9.59 Å². The van der Waals surface area contributed by atoms with E-state index in [-0.39, 0.29) is 23.8 Å². The van der Waals surface area contributed by atoms with Gasteiger partial charge in [-0.1, -0.05) is 12.5 Å². The minimum absolute atomic E-state index is 0.110. The molecular weight excluding hydrogens is 380 g/mol. The largest absolute Gasteiger partial charge is 0.497 e. The number of benzene rings is 1. The zero-order valence-corrected chi connectivity index (χ0v) is 17.3. The maximum atomic E-state index is 13.2. The molecule has 1 aromatic heterocycles. The summed E-state index contributed by atoms with van der Waals surface area (Å²) in [7, 11) is 1.60. The third-order valence-electron chi connectivity index (χ3n) is 6.07. The fourth-order valence-corrected chi connectivity index (χ4v) is 4.35. The van der Waals surface area contributed by atoms with Crippen LogP contribution in [0.2, 0.25) is 0 Å². The van der Waals surface area contributed by atoms with Crippen molar-refractivity contribution in [2.45, 2.75) is 25.3 Å². The van der Waals surface area contributed by atoms with Crippen molar-refractivity contribution in [3.8, 4) is 5.75 Å². The summed E-state index contributed by atoms with van der Waals surface area (Å²) in [5.41, 5.74) is 0.581. The van der Waals surface area contributed by atoms with E-state index in [2.05, 4.69) is 15.2 Å². The summed E-state index contributed by atoms with van der Waals surface area (Å²) in [6.07, 6.45) is 4.42. The molecule has 4 rings (SSSR count). The summed E-state index contributed by atoms with van der Waals surface area (Å²) in [5, 5.41) is 3.09. The average molecular weight is 409 g/mol. The number of rotatable bonds is 5. The highest BCUT2D eigenvalue weighted by Crippen LogP contribution is 2.28. The Morgan fingerprint density at radius 1 is 1.03 bits per heavy atom. The van der Waals surface area contributed by atoms with Gasteiger partial charge in [-0.05, 0) is 49.2 Å². The van der Waals surface area contributed by atoms with Gasteiger partial charge in [0.1, 0.15) is 11.6 Å². The normalized spacial score (nSPS) is 21.4. The van der Waals surface area contributed by atoms with Crippen molar-refractivity contribution in [1.29, 1.82) is 0 Å². The van der Waals surface area contributed by atoms with Crippen molar-refractivity contribution >= 4 is 17.6 Å². The smallest absolute Gasteiger partial charge is 0.251 e. The number of methoxy groups -OCH3 is 1. The van der Waals surface area contributed by atoms with Gasteiger partial charge in [0.15, 0.2) is 0 Å². The van der Waals surface area contributed by atoms with Gasteiger partial charge in [0.25, 0.3) is 5.91 Å². The zero-order chi connectivity index (χ0) is 20.9. The number of carbonyl (C=O) groups is 2. The number of amides is 2. The first-order chi connectivity index (χ1) is 14.7. The first kappa shape index (κ1) is 20.2. The lowest BCUT2D eigenvalue weighted by molar-refractivity contribution is -0.136. The minimum Gasteiger partial charge on any atom is -0.497 e. The van der Waals surface area contributed by atoms with Crippen LogP contribution in [-0.4, -0.2) is 61.0 Å². The number of piperazine rings is 1. The molecule has 1 aliphatic carbocycles. The Labute approximate surface area is 177 Å². The number of hydrogen-bond acceptors (Lipinski definition) is 5.